The lowest BCUT2D eigenvalue weighted by Crippen LogP contribution is -2.47. The smallest absolute Gasteiger partial charge is 0.409 e. The number of carbonyl (C=O) groups excluding carboxylic acids is 2. The molecule has 10 atom stereocenters. The van der Waals surface area contributed by atoms with E-state index in [-0.39, 0.29) is 137 Å². The number of amides is 2. The van der Waals surface area contributed by atoms with Gasteiger partial charge in [-0.3, -0.25) is 48.9 Å². The third-order valence-corrected chi connectivity index (χ3v) is 28.0. The Hall–Kier alpha value is -4.36. The normalized spacial score (nSPS) is 22.0. The van der Waals surface area contributed by atoms with E-state index in [1.807, 2.05) is 13.0 Å². The van der Waals surface area contributed by atoms with Gasteiger partial charge >= 0.3 is 7.15 Å². The van der Waals surface area contributed by atoms with Crippen LogP contribution in [0.2, 0.25) is 36.3 Å². The standard InChI is InChI=1S/C30H52N7O6PSi.C24H37N6O6PSSi/c1-18(2)26(38)34-29-33-25-23(27(39)35-29)32-17-36(25)28-24(43-45(11,12)30(8,9)10)21(7)22(42-28)16-41-44(40-15-13-14-31)37(19(3)4)20(5)6;1-14(2)20(31)28-23-27-19-17(21(32)29-23)26-13-30(19)22-18(36-39(7,8)24(4,5)6)15(3)16(35-22)12-34-37(38)33-11-9-10-25/h17-22,24,28H,13,15-16H2,1-12H3,(H2,33,34,35,38,39);13-16,18,22H,9,11-12H2,1-8H3,(H-,27,28,29,31,32)/p+1/t21-,22-,24-,28-,44?;15-,16-,18-,22-/m11/s1. The first-order chi connectivity index (χ1) is 39.0. The van der Waals surface area contributed by atoms with Crippen LogP contribution < -0.4 is 21.8 Å². The zero-order valence-electron chi connectivity index (χ0n) is 52.6. The highest BCUT2D eigenvalue weighted by molar-refractivity contribution is 8.00. The van der Waals surface area contributed by atoms with Crippen LogP contribution in [-0.2, 0) is 57.8 Å². The molecule has 0 aromatic carbocycles. The van der Waals surface area contributed by atoms with Gasteiger partial charge in [0.05, 0.1) is 75.3 Å². The van der Waals surface area contributed by atoms with E-state index in [0.717, 1.165) is 0 Å². The van der Waals surface area contributed by atoms with E-state index in [1.165, 1.54) is 6.33 Å². The van der Waals surface area contributed by atoms with Crippen molar-refractivity contribution in [2.75, 3.05) is 37.1 Å². The number of aromatic amines is 2. The number of aromatic nitrogens is 8. The summed E-state index contributed by atoms with van der Waals surface area (Å²) in [4.78, 5) is 73.3. The van der Waals surface area contributed by atoms with E-state index >= 15 is 0 Å². The molecule has 0 saturated carbocycles. The molecule has 0 aliphatic carbocycles. The van der Waals surface area contributed by atoms with Crippen molar-refractivity contribution in [2.45, 2.75) is 209 Å². The number of anilines is 2. The Kier molecular flexibility index (Phi) is 24.8. The topological polar surface area (TPSA) is 310 Å². The lowest BCUT2D eigenvalue weighted by atomic mass is 10.0. The first-order valence-electron chi connectivity index (χ1n) is 28.6. The molecule has 84 heavy (non-hydrogen) atoms. The minimum atomic E-state index is -2.29. The third-order valence-electron chi connectivity index (χ3n) is 15.6. The van der Waals surface area contributed by atoms with Crippen molar-refractivity contribution in [1.29, 1.82) is 10.5 Å². The number of rotatable bonds is 25. The number of nitriles is 2. The zero-order chi connectivity index (χ0) is 63.0. The lowest BCUT2D eigenvalue weighted by Gasteiger charge is -2.40. The summed E-state index contributed by atoms with van der Waals surface area (Å²) >= 11 is 5.28. The Balaban J connectivity index is 0.000000310. The first kappa shape index (κ1) is 70.4. The van der Waals surface area contributed by atoms with Crippen LogP contribution in [0.25, 0.3) is 22.3 Å². The summed E-state index contributed by atoms with van der Waals surface area (Å²) in [6, 6.07) is 4.47. The molecular formula is C54H90N13O12P2SSi2+. The van der Waals surface area contributed by atoms with E-state index in [2.05, 4.69) is 154 Å². The number of nitrogens with one attached hydrogen (secondary N) is 4. The summed E-state index contributed by atoms with van der Waals surface area (Å²) in [7, 11) is -7.61. The third kappa shape index (κ3) is 17.5. The molecule has 2 aliphatic heterocycles. The quantitative estimate of drug-likeness (QED) is 0.0272. The molecule has 2 saturated heterocycles. The van der Waals surface area contributed by atoms with Crippen LogP contribution in [0.15, 0.2) is 22.2 Å². The van der Waals surface area contributed by atoms with Gasteiger partial charge in [-0.1, -0.05) is 83.1 Å². The molecule has 4 aromatic heterocycles. The molecule has 0 spiro atoms. The summed E-state index contributed by atoms with van der Waals surface area (Å²) in [5.41, 5.74) is -0.123. The van der Waals surface area contributed by atoms with Gasteiger partial charge in [-0.15, -0.1) is 9.05 Å². The van der Waals surface area contributed by atoms with E-state index in [4.69, 9.17) is 58.8 Å². The van der Waals surface area contributed by atoms with Crippen molar-refractivity contribution in [3.8, 4) is 12.1 Å². The fourth-order valence-corrected chi connectivity index (χ4v) is 13.9. The highest BCUT2D eigenvalue weighted by atomic mass is 32.4. The largest absolute Gasteiger partial charge is 0.521 e. The van der Waals surface area contributed by atoms with Crippen molar-refractivity contribution >= 4 is 90.2 Å². The van der Waals surface area contributed by atoms with Crippen molar-refractivity contribution in [1.82, 2.24) is 43.7 Å². The van der Waals surface area contributed by atoms with Gasteiger partial charge in [-0.2, -0.15) is 20.5 Å². The molecule has 2 aliphatic rings. The van der Waals surface area contributed by atoms with Gasteiger partial charge < -0.3 is 27.4 Å². The molecule has 2 amide bonds. The van der Waals surface area contributed by atoms with Gasteiger partial charge in [0.2, 0.25) is 35.5 Å². The number of carbonyl (C=O) groups is 2. The van der Waals surface area contributed by atoms with Gasteiger partial charge in [-0.05, 0) is 64.0 Å². The molecule has 30 heteroatoms. The molecule has 6 rings (SSSR count). The van der Waals surface area contributed by atoms with Crippen LogP contribution in [0.3, 0.4) is 0 Å². The van der Waals surface area contributed by atoms with Crippen molar-refractivity contribution in [3.63, 3.8) is 0 Å². The van der Waals surface area contributed by atoms with Crippen molar-refractivity contribution in [3.05, 3.63) is 33.4 Å². The summed E-state index contributed by atoms with van der Waals surface area (Å²) in [5, 5.41) is 23.0. The van der Waals surface area contributed by atoms with E-state index in [1.54, 1.807) is 43.2 Å². The minimum Gasteiger partial charge on any atom is -0.409 e. The van der Waals surface area contributed by atoms with Crippen LogP contribution in [0.1, 0.15) is 136 Å². The molecule has 25 nitrogen and oxygen atoms in total. The fourth-order valence-electron chi connectivity index (χ4n) is 8.55. The van der Waals surface area contributed by atoms with E-state index in [0.29, 0.717) is 0 Å². The van der Waals surface area contributed by atoms with Crippen LogP contribution in [0.5, 0.6) is 0 Å². The maximum atomic E-state index is 13.0. The Morgan fingerprint density at radius 2 is 1.12 bits per heavy atom. The number of H-pyrrole nitrogens is 2. The van der Waals surface area contributed by atoms with Gasteiger partial charge in [0.25, 0.3) is 19.6 Å². The average Bonchev–Trinajstić information content (AvgIpc) is 1.99. The summed E-state index contributed by atoms with van der Waals surface area (Å²) < 4.78 is 56.5. The number of fused-ring (bicyclic) bond motifs is 2. The number of hydrogen-bond donors (Lipinski definition) is 4. The lowest BCUT2D eigenvalue weighted by molar-refractivity contribution is -0.119. The van der Waals surface area contributed by atoms with Crippen LogP contribution in [0.4, 0.5) is 11.9 Å². The second-order valence-electron chi connectivity index (χ2n) is 25.4. The maximum absolute atomic E-state index is 13.0. The van der Waals surface area contributed by atoms with E-state index < -0.39 is 74.2 Å². The maximum Gasteiger partial charge on any atom is 0.521 e. The Morgan fingerprint density at radius 3 is 1.50 bits per heavy atom. The number of nitrogens with zero attached hydrogens (tertiary/aromatic N) is 9. The molecule has 4 aromatic rings. The summed E-state index contributed by atoms with van der Waals surface area (Å²) in [6.45, 7) is 42.2. The predicted molar refractivity (Wildman–Crippen MR) is 331 cm³/mol. The Morgan fingerprint density at radius 1 is 0.714 bits per heavy atom. The molecule has 466 valence electrons. The molecule has 4 N–H and O–H groups in total. The molecule has 2 unspecified atom stereocenters. The Labute approximate surface area is 503 Å². The monoisotopic (exact) mass is 1260 g/mol. The molecule has 0 bridgehead atoms. The summed E-state index contributed by atoms with van der Waals surface area (Å²) in [5.74, 6) is -1.27. The van der Waals surface area contributed by atoms with Crippen LogP contribution >= 0.6 is 15.7 Å². The van der Waals surface area contributed by atoms with Crippen LogP contribution in [0, 0.1) is 46.3 Å². The van der Waals surface area contributed by atoms with Gasteiger partial charge in [0.15, 0.2) is 51.4 Å². The molecule has 6 heterocycles. The number of hydrogen-bond acceptors (Lipinski definition) is 20. The minimum absolute atomic E-state index is 0.0343. The van der Waals surface area contributed by atoms with Crippen molar-refractivity contribution < 1.29 is 46.0 Å². The number of imidazole rings is 2. The highest BCUT2D eigenvalue weighted by Gasteiger charge is 2.52. The Bertz CT molecular complexity index is 3100. The fraction of sp³-hybridized carbons (Fsp3) is 0.741. The zero-order valence-corrected chi connectivity index (χ0v) is 57.2. The van der Waals surface area contributed by atoms with Crippen LogP contribution in [-0.4, -0.2) is 135 Å². The molecular weight excluding hydrogens is 1170 g/mol. The van der Waals surface area contributed by atoms with Gasteiger partial charge in [0.1, 0.15) is 13.2 Å². The molecule has 0 radical (unpaired) electrons. The second kappa shape index (κ2) is 29.6. The SMILES string of the molecule is CC(C)C(=O)Nc1nc2c(ncn2[C@@H]2O[C@H](COP(OCCC#N)N(C(C)C)C(C)C)[C@@H](C)[C@H]2O[Si](C)(C)C(C)(C)C)c(=O)[nH]1.CC(C)C(=O)Nc1nc2c(ncn2[C@@H]2O[C@H](CO[P+](=S)OCCC#N)[C@@H](C)[C@H]2O[Si](C)(C)C(C)(C)C)c(=O)[nH]1. The van der Waals surface area contributed by atoms with Gasteiger partial charge in [-0.25, -0.2) is 14.6 Å². The number of ether oxygens (including phenoxy) is 2. The summed E-state index contributed by atoms with van der Waals surface area (Å²) in [6.07, 6.45) is 0.665. The second-order valence-corrected chi connectivity index (χ2v) is 38.2. The highest BCUT2D eigenvalue weighted by Crippen LogP contribution is 2.50. The van der Waals surface area contributed by atoms with E-state index in [9.17, 15) is 19.2 Å². The first-order valence-corrected chi connectivity index (χ1v) is 37.7. The van der Waals surface area contributed by atoms with Gasteiger partial charge in [0, 0.05) is 35.8 Å². The predicted octanol–water partition coefficient (Wildman–Crippen LogP) is 10.3. The van der Waals surface area contributed by atoms with Crippen molar-refractivity contribution in [2.24, 2.45) is 23.7 Å². The molecule has 2 fully saturated rings. The average molecular weight is 1260 g/mol.